The minimum absolute atomic E-state index is 0.0219. The number of esters is 1. The lowest BCUT2D eigenvalue weighted by molar-refractivity contribution is 0.0475. The van der Waals surface area contributed by atoms with Crippen molar-refractivity contribution < 1.29 is 27.5 Å². The zero-order chi connectivity index (χ0) is 22.7. The summed E-state index contributed by atoms with van der Waals surface area (Å²) < 4.78 is 38.9. The van der Waals surface area contributed by atoms with E-state index in [1.807, 2.05) is 12.1 Å². The van der Waals surface area contributed by atoms with Crippen LogP contribution in [0.5, 0.6) is 5.75 Å². The van der Waals surface area contributed by atoms with E-state index in [0.717, 1.165) is 12.0 Å². The molecule has 0 saturated heterocycles. The maximum Gasteiger partial charge on any atom is 0.338 e. The number of ether oxygens (including phenoxy) is 2. The van der Waals surface area contributed by atoms with E-state index in [1.54, 1.807) is 29.6 Å². The predicted octanol–water partition coefficient (Wildman–Crippen LogP) is 3.94. The zero-order valence-electron chi connectivity index (χ0n) is 17.3. The number of rotatable bonds is 7. The van der Waals surface area contributed by atoms with Crippen LogP contribution in [0.25, 0.3) is 0 Å². The maximum atomic E-state index is 13.6. The monoisotopic (exact) mass is 471 g/mol. The number of aryl methyl sites for hydroxylation is 1. The molecule has 0 radical (unpaired) electrons. The highest BCUT2D eigenvalue weighted by molar-refractivity contribution is 7.93. The first-order valence-electron chi connectivity index (χ1n) is 9.94. The van der Waals surface area contributed by atoms with Gasteiger partial charge in [0.05, 0.1) is 23.2 Å². The maximum absolute atomic E-state index is 13.6. The van der Waals surface area contributed by atoms with E-state index in [0.29, 0.717) is 23.5 Å². The number of benzene rings is 2. The molecule has 0 saturated carbocycles. The Labute approximate surface area is 190 Å². The van der Waals surface area contributed by atoms with Crippen molar-refractivity contribution in [3.63, 3.8) is 0 Å². The van der Waals surface area contributed by atoms with Crippen LogP contribution >= 0.6 is 11.3 Å². The van der Waals surface area contributed by atoms with Crippen LogP contribution in [0, 0.1) is 0 Å². The van der Waals surface area contributed by atoms with E-state index in [9.17, 15) is 18.0 Å². The smallest absolute Gasteiger partial charge is 0.338 e. The topological polar surface area (TPSA) is 90.0 Å². The first kappa shape index (κ1) is 22.0. The molecule has 1 aromatic heterocycles. The van der Waals surface area contributed by atoms with Gasteiger partial charge in [0.2, 0.25) is 5.78 Å². The Kier molecular flexibility index (Phi) is 6.29. The van der Waals surface area contributed by atoms with E-state index in [2.05, 4.69) is 0 Å². The van der Waals surface area contributed by atoms with Crippen LogP contribution in [-0.4, -0.2) is 40.4 Å². The molecule has 4 rings (SSSR count). The molecule has 9 heteroatoms. The summed E-state index contributed by atoms with van der Waals surface area (Å²) in [4.78, 5) is 25.0. The standard InChI is InChI=1S/C23H21NO6S2/c1-29-20-11-10-17(23(26)30-15-19(25)21-9-5-13-31-21)14-22(20)32(27,28)24-12-4-7-16-6-2-3-8-18(16)24/h2-3,5-6,8-11,13-14H,4,7,12,15H2,1H3. The quantitative estimate of drug-likeness (QED) is 0.383. The minimum Gasteiger partial charge on any atom is -0.495 e. The van der Waals surface area contributed by atoms with Crippen LogP contribution in [0.1, 0.15) is 32.0 Å². The second-order valence-corrected chi connectivity index (χ2v) is 9.93. The summed E-state index contributed by atoms with van der Waals surface area (Å²) in [6.07, 6.45) is 1.48. The first-order chi connectivity index (χ1) is 15.4. The number of para-hydroxylation sites is 1. The molecule has 0 N–H and O–H groups in total. The summed E-state index contributed by atoms with van der Waals surface area (Å²) in [5, 5.41) is 1.76. The number of anilines is 1. The van der Waals surface area contributed by atoms with Crippen molar-refractivity contribution in [2.45, 2.75) is 17.7 Å². The number of thiophene rings is 1. The van der Waals surface area contributed by atoms with Crippen molar-refractivity contribution in [2.75, 3.05) is 24.6 Å². The van der Waals surface area contributed by atoms with Crippen LogP contribution in [0.15, 0.2) is 64.9 Å². The number of fused-ring (bicyclic) bond motifs is 1. The number of nitrogens with zero attached hydrogens (tertiary/aromatic N) is 1. The fourth-order valence-electron chi connectivity index (χ4n) is 3.60. The molecule has 2 aromatic carbocycles. The third-order valence-corrected chi connectivity index (χ3v) is 7.91. The van der Waals surface area contributed by atoms with E-state index in [4.69, 9.17) is 9.47 Å². The predicted molar refractivity (Wildman–Crippen MR) is 121 cm³/mol. The van der Waals surface area contributed by atoms with Crippen LogP contribution in [-0.2, 0) is 21.2 Å². The van der Waals surface area contributed by atoms with Gasteiger partial charge in [-0.05, 0) is 54.1 Å². The highest BCUT2D eigenvalue weighted by Crippen LogP contribution is 2.35. The van der Waals surface area contributed by atoms with Gasteiger partial charge in [-0.1, -0.05) is 24.3 Å². The van der Waals surface area contributed by atoms with E-state index >= 15 is 0 Å². The Morgan fingerprint density at radius 3 is 2.66 bits per heavy atom. The number of methoxy groups -OCH3 is 1. The first-order valence-corrected chi connectivity index (χ1v) is 12.3. The highest BCUT2D eigenvalue weighted by atomic mass is 32.2. The van der Waals surface area contributed by atoms with Crippen molar-refractivity contribution in [1.29, 1.82) is 0 Å². The molecule has 2 heterocycles. The van der Waals surface area contributed by atoms with Gasteiger partial charge < -0.3 is 9.47 Å². The number of ketones is 1. The third kappa shape index (κ3) is 4.26. The van der Waals surface area contributed by atoms with Crippen LogP contribution in [0.4, 0.5) is 5.69 Å². The lowest BCUT2D eigenvalue weighted by Crippen LogP contribution is -2.35. The summed E-state index contributed by atoms with van der Waals surface area (Å²) in [5.41, 5.74) is 1.59. The second kappa shape index (κ2) is 9.13. The van der Waals surface area contributed by atoms with E-state index < -0.39 is 22.6 Å². The third-order valence-electron chi connectivity index (χ3n) is 5.17. The number of carbonyl (C=O) groups is 2. The summed E-state index contributed by atoms with van der Waals surface area (Å²) in [5.74, 6) is -0.980. The van der Waals surface area contributed by atoms with Gasteiger partial charge in [0.1, 0.15) is 10.6 Å². The lowest BCUT2D eigenvalue weighted by atomic mass is 10.0. The van der Waals surface area contributed by atoms with Gasteiger partial charge in [0, 0.05) is 6.54 Å². The van der Waals surface area contributed by atoms with Crippen LogP contribution < -0.4 is 9.04 Å². The second-order valence-electron chi connectivity index (χ2n) is 7.15. The molecule has 32 heavy (non-hydrogen) atoms. The molecule has 0 bridgehead atoms. The fourth-order valence-corrected chi connectivity index (χ4v) is 5.97. The molecule has 1 aliphatic heterocycles. The molecule has 0 aliphatic carbocycles. The Bertz CT molecular complexity index is 1250. The Morgan fingerprint density at radius 1 is 1.09 bits per heavy atom. The Balaban J connectivity index is 1.62. The van der Waals surface area contributed by atoms with E-state index in [-0.39, 0.29) is 22.0 Å². The van der Waals surface area contributed by atoms with Crippen molar-refractivity contribution in [3.8, 4) is 5.75 Å². The van der Waals surface area contributed by atoms with Gasteiger partial charge in [-0.15, -0.1) is 11.3 Å². The molecule has 166 valence electrons. The molecule has 3 aromatic rings. The Morgan fingerprint density at radius 2 is 1.91 bits per heavy atom. The van der Waals surface area contributed by atoms with Crippen LogP contribution in [0.2, 0.25) is 0 Å². The lowest BCUT2D eigenvalue weighted by Gasteiger charge is -2.30. The molecule has 0 atom stereocenters. The van der Waals surface area contributed by atoms with Gasteiger partial charge >= 0.3 is 5.97 Å². The Hall–Kier alpha value is -3.17. The summed E-state index contributed by atoms with van der Waals surface area (Å²) >= 11 is 1.26. The number of hydrogen-bond acceptors (Lipinski definition) is 7. The zero-order valence-corrected chi connectivity index (χ0v) is 18.9. The van der Waals surface area contributed by atoms with Gasteiger partial charge in [-0.3, -0.25) is 9.10 Å². The van der Waals surface area contributed by atoms with Crippen molar-refractivity contribution in [3.05, 3.63) is 76.0 Å². The molecule has 0 fully saturated rings. The summed E-state index contributed by atoms with van der Waals surface area (Å²) in [6.45, 7) is -0.0978. The van der Waals surface area contributed by atoms with Crippen molar-refractivity contribution in [1.82, 2.24) is 0 Å². The largest absolute Gasteiger partial charge is 0.495 e. The average molecular weight is 472 g/mol. The highest BCUT2D eigenvalue weighted by Gasteiger charge is 2.32. The van der Waals surface area contributed by atoms with Gasteiger partial charge in [-0.25, -0.2) is 13.2 Å². The number of hydrogen-bond donors (Lipinski definition) is 0. The molecule has 1 aliphatic rings. The minimum atomic E-state index is -4.01. The fraction of sp³-hybridized carbons (Fsp3) is 0.217. The van der Waals surface area contributed by atoms with Gasteiger partial charge in [-0.2, -0.15) is 0 Å². The molecule has 7 nitrogen and oxygen atoms in total. The number of Topliss-reactive ketones (excluding diaryl/α,β-unsaturated/α-hetero) is 1. The molecule has 0 amide bonds. The SMILES string of the molecule is COc1ccc(C(=O)OCC(=O)c2cccs2)cc1S(=O)(=O)N1CCCc2ccccc21. The van der Waals surface area contributed by atoms with Gasteiger partial charge in [0.15, 0.2) is 6.61 Å². The van der Waals surface area contributed by atoms with E-state index in [1.165, 1.54) is 41.0 Å². The number of carbonyl (C=O) groups excluding carboxylic acids is 2. The molecular formula is C23H21NO6S2. The summed E-state index contributed by atoms with van der Waals surface area (Å²) in [7, 11) is -2.63. The molecular weight excluding hydrogens is 450 g/mol. The molecule has 0 spiro atoms. The average Bonchev–Trinajstić information content (AvgIpc) is 3.36. The van der Waals surface area contributed by atoms with Crippen molar-refractivity contribution >= 4 is 38.8 Å². The van der Waals surface area contributed by atoms with Crippen molar-refractivity contribution in [2.24, 2.45) is 0 Å². The normalized spacial score (nSPS) is 13.3. The van der Waals surface area contributed by atoms with Gasteiger partial charge in [0.25, 0.3) is 10.0 Å². The number of sulfonamides is 1. The summed E-state index contributed by atoms with van der Waals surface area (Å²) in [6, 6.07) is 14.8. The molecule has 0 unspecified atom stereocenters. The van der Waals surface area contributed by atoms with Crippen LogP contribution in [0.3, 0.4) is 0 Å².